The Kier molecular flexibility index (Phi) is 7.62. The second kappa shape index (κ2) is 11.0. The van der Waals surface area contributed by atoms with E-state index in [4.69, 9.17) is 13.9 Å². The van der Waals surface area contributed by atoms with Gasteiger partial charge in [-0.2, -0.15) is 0 Å². The van der Waals surface area contributed by atoms with Crippen LogP contribution in [0.25, 0.3) is 11.0 Å². The first-order valence-corrected chi connectivity index (χ1v) is 11.6. The summed E-state index contributed by atoms with van der Waals surface area (Å²) in [6.45, 7) is 2.53. The Labute approximate surface area is 205 Å². The minimum absolute atomic E-state index is 0.125. The van der Waals surface area contributed by atoms with E-state index >= 15 is 0 Å². The van der Waals surface area contributed by atoms with Gasteiger partial charge in [0.15, 0.2) is 0 Å². The van der Waals surface area contributed by atoms with Crippen LogP contribution in [0.3, 0.4) is 0 Å². The normalized spacial score (nSPS) is 13.9. The van der Waals surface area contributed by atoms with Crippen LogP contribution in [0.2, 0.25) is 0 Å². The van der Waals surface area contributed by atoms with Crippen LogP contribution in [-0.4, -0.2) is 42.6 Å². The van der Waals surface area contributed by atoms with Crippen molar-refractivity contribution in [2.24, 2.45) is 5.92 Å². The Morgan fingerprint density at radius 1 is 1.06 bits per heavy atom. The van der Waals surface area contributed by atoms with Gasteiger partial charge in [0.2, 0.25) is 0 Å². The van der Waals surface area contributed by atoms with Crippen LogP contribution in [-0.2, 0) is 20.9 Å². The summed E-state index contributed by atoms with van der Waals surface area (Å²) in [7, 11) is 0. The molecule has 0 bridgehead atoms. The van der Waals surface area contributed by atoms with Crippen molar-refractivity contribution in [3.05, 3.63) is 75.9 Å². The fourth-order valence-corrected chi connectivity index (χ4v) is 4.07. The summed E-state index contributed by atoms with van der Waals surface area (Å²) in [6, 6.07) is 11.4. The number of hydrogen-bond donors (Lipinski definition) is 1. The van der Waals surface area contributed by atoms with Crippen molar-refractivity contribution >= 4 is 34.6 Å². The predicted molar refractivity (Wildman–Crippen MR) is 128 cm³/mol. The minimum atomic E-state index is -0.630. The Hall–Kier alpha value is -4.21. The Bertz CT molecular complexity index is 1330. The molecule has 2 amide bonds. The largest absolute Gasteiger partial charge is 0.461 e. The van der Waals surface area contributed by atoms with Crippen molar-refractivity contribution < 1.29 is 32.7 Å². The summed E-state index contributed by atoms with van der Waals surface area (Å²) in [5.41, 5.74) is 0.874. The first-order chi connectivity index (χ1) is 17.3. The van der Waals surface area contributed by atoms with E-state index in [1.54, 1.807) is 24.0 Å². The molecule has 0 spiro atoms. The van der Waals surface area contributed by atoms with E-state index in [1.807, 2.05) is 0 Å². The summed E-state index contributed by atoms with van der Waals surface area (Å²) in [6.07, 6.45) is 0.244. The molecular weight excluding hydrogens is 471 g/mol. The number of anilines is 1. The number of nitrogens with zero attached hydrogens (tertiary/aromatic N) is 1. The molecule has 36 heavy (non-hydrogen) atoms. The molecule has 10 heteroatoms. The molecule has 1 fully saturated rings. The number of rotatable bonds is 6. The molecule has 9 nitrogen and oxygen atoms in total. The minimum Gasteiger partial charge on any atom is -0.461 e. The summed E-state index contributed by atoms with van der Waals surface area (Å²) in [5.74, 6) is -1.41. The highest BCUT2D eigenvalue weighted by Gasteiger charge is 2.29. The lowest BCUT2D eigenvalue weighted by Crippen LogP contribution is -2.40. The third-order valence-electron chi connectivity index (χ3n) is 5.93. The van der Waals surface area contributed by atoms with Gasteiger partial charge >= 0.3 is 17.7 Å². The molecule has 4 rings (SSSR count). The molecule has 1 aliphatic rings. The molecule has 0 unspecified atom stereocenters. The molecule has 2 aromatic carbocycles. The smallest absolute Gasteiger partial charge is 0.411 e. The van der Waals surface area contributed by atoms with Crippen LogP contribution in [0.15, 0.2) is 57.7 Å². The van der Waals surface area contributed by atoms with Crippen LogP contribution in [0, 0.1) is 11.7 Å². The Morgan fingerprint density at radius 3 is 2.47 bits per heavy atom. The molecule has 2 heterocycles. The summed E-state index contributed by atoms with van der Waals surface area (Å²) in [5, 5.41) is 3.10. The fraction of sp³-hybridized carbons (Fsp3) is 0.308. The summed E-state index contributed by atoms with van der Waals surface area (Å²) >= 11 is 0. The van der Waals surface area contributed by atoms with Crippen LogP contribution >= 0.6 is 0 Å². The number of esters is 1. The van der Waals surface area contributed by atoms with Crippen molar-refractivity contribution in [3.8, 4) is 0 Å². The van der Waals surface area contributed by atoms with Crippen molar-refractivity contribution in [1.82, 2.24) is 4.90 Å². The third kappa shape index (κ3) is 5.88. The lowest BCUT2D eigenvalue weighted by Gasteiger charge is -2.31. The maximum atomic E-state index is 13.1. The summed E-state index contributed by atoms with van der Waals surface area (Å²) < 4.78 is 28.7. The lowest BCUT2D eigenvalue weighted by molar-refractivity contribution is -0.151. The highest BCUT2D eigenvalue weighted by molar-refractivity contribution is 5.94. The van der Waals surface area contributed by atoms with Crippen molar-refractivity contribution in [2.75, 3.05) is 25.0 Å². The van der Waals surface area contributed by atoms with Crippen LogP contribution < -0.4 is 10.9 Å². The molecular formula is C26H25FN2O7. The number of hydrogen-bond acceptors (Lipinski definition) is 7. The maximum Gasteiger partial charge on any atom is 0.411 e. The van der Waals surface area contributed by atoms with E-state index in [9.17, 15) is 23.6 Å². The Balaban J connectivity index is 1.36. The van der Waals surface area contributed by atoms with Crippen molar-refractivity contribution in [2.45, 2.75) is 26.4 Å². The van der Waals surface area contributed by atoms with Gasteiger partial charge < -0.3 is 18.8 Å². The van der Waals surface area contributed by atoms with Gasteiger partial charge in [0.1, 0.15) is 18.0 Å². The molecule has 1 aliphatic heterocycles. The third-order valence-corrected chi connectivity index (χ3v) is 5.93. The fourth-order valence-electron chi connectivity index (χ4n) is 4.07. The van der Waals surface area contributed by atoms with Gasteiger partial charge in [-0.25, -0.2) is 14.0 Å². The lowest BCUT2D eigenvalue weighted by atomic mass is 9.96. The number of ether oxygens (including phenoxy) is 2. The van der Waals surface area contributed by atoms with Gasteiger partial charge in [-0.1, -0.05) is 0 Å². The second-order valence-electron chi connectivity index (χ2n) is 8.33. The quantitative estimate of drug-likeness (QED) is 0.404. The van der Waals surface area contributed by atoms with E-state index in [-0.39, 0.29) is 30.6 Å². The number of fused-ring (bicyclic) bond motifs is 1. The standard InChI is InChI=1S/C26H25FN2O7/c1-2-34-26(33)28-20-7-8-21-18(13-23(30)36-22(21)14-20)15-35-25(32)17-9-11-29(12-10-17)24(31)16-3-5-19(27)6-4-16/h3-8,13-14,17H,2,9-12,15H2,1H3,(H,28,33). The van der Waals surface area contributed by atoms with Gasteiger partial charge in [0, 0.05) is 47.4 Å². The average Bonchev–Trinajstić information content (AvgIpc) is 2.87. The highest BCUT2D eigenvalue weighted by Crippen LogP contribution is 2.24. The van der Waals surface area contributed by atoms with Crippen molar-refractivity contribution in [1.29, 1.82) is 0 Å². The van der Waals surface area contributed by atoms with Crippen LogP contribution in [0.5, 0.6) is 0 Å². The molecule has 0 radical (unpaired) electrons. The van der Waals surface area contributed by atoms with E-state index in [2.05, 4.69) is 5.32 Å². The molecule has 1 N–H and O–H groups in total. The number of halogens is 1. The van der Waals surface area contributed by atoms with E-state index in [1.165, 1.54) is 36.4 Å². The number of carbonyl (C=O) groups excluding carboxylic acids is 3. The number of piperidine rings is 1. The number of amides is 2. The van der Waals surface area contributed by atoms with Gasteiger partial charge in [-0.15, -0.1) is 0 Å². The molecule has 1 aromatic heterocycles. The van der Waals surface area contributed by atoms with E-state index in [0.717, 1.165) is 0 Å². The molecule has 1 saturated heterocycles. The zero-order chi connectivity index (χ0) is 25.7. The Morgan fingerprint density at radius 2 is 1.78 bits per heavy atom. The molecule has 0 atom stereocenters. The first-order valence-electron chi connectivity index (χ1n) is 11.6. The zero-order valence-corrected chi connectivity index (χ0v) is 19.6. The average molecular weight is 496 g/mol. The summed E-state index contributed by atoms with van der Waals surface area (Å²) in [4.78, 5) is 50.6. The number of likely N-dealkylation sites (tertiary alicyclic amines) is 1. The highest BCUT2D eigenvalue weighted by atomic mass is 19.1. The van der Waals surface area contributed by atoms with E-state index < -0.39 is 23.5 Å². The van der Waals surface area contributed by atoms with Gasteiger partial charge in [0.25, 0.3) is 5.91 Å². The van der Waals surface area contributed by atoms with Crippen LogP contribution in [0.1, 0.15) is 35.7 Å². The number of carbonyl (C=O) groups is 3. The maximum absolute atomic E-state index is 13.1. The second-order valence-corrected chi connectivity index (χ2v) is 8.33. The van der Waals surface area contributed by atoms with Crippen molar-refractivity contribution in [3.63, 3.8) is 0 Å². The topological polar surface area (TPSA) is 115 Å². The first kappa shape index (κ1) is 24.9. The molecule has 188 valence electrons. The van der Waals surface area contributed by atoms with E-state index in [0.29, 0.717) is 48.1 Å². The SMILES string of the molecule is CCOC(=O)Nc1ccc2c(COC(=O)C3CCN(C(=O)c4ccc(F)cc4)CC3)cc(=O)oc2c1. The van der Waals surface area contributed by atoms with Gasteiger partial charge in [0.05, 0.1) is 12.5 Å². The molecule has 3 aromatic rings. The monoisotopic (exact) mass is 496 g/mol. The molecule has 0 aliphatic carbocycles. The zero-order valence-electron chi connectivity index (χ0n) is 19.6. The van der Waals surface area contributed by atoms with Gasteiger partial charge in [-0.05, 0) is 56.2 Å². The number of nitrogens with one attached hydrogen (secondary N) is 1. The van der Waals surface area contributed by atoms with Crippen LogP contribution in [0.4, 0.5) is 14.9 Å². The molecule has 0 saturated carbocycles. The van der Waals surface area contributed by atoms with Gasteiger partial charge in [-0.3, -0.25) is 14.9 Å². The number of benzene rings is 2. The predicted octanol–water partition coefficient (Wildman–Crippen LogP) is 4.10.